The quantitative estimate of drug-likeness (QED) is 0.160. The van der Waals surface area contributed by atoms with Gasteiger partial charge in [0.1, 0.15) is 5.58 Å². The molecule has 4 heterocycles. The molecular weight excluding hydrogens is 685 g/mol. The summed E-state index contributed by atoms with van der Waals surface area (Å²) >= 11 is 0. The standard InChI is InChI=1S/C51H32N4O/c1-3-8-33(9-4-1)36-17-22-42-37(28-36)13-14-38-29-40(20-23-43(38)42)55(41-21-24-44-45-25-27-52-32-50(45)56-49(44)30-41)39-18-15-35(16-19-39)48-31-46(34-10-5-2-6-11-34)51-47(54-48)12-7-26-53-51/h1-32H. The molecule has 0 aliphatic heterocycles. The Morgan fingerprint density at radius 2 is 1.09 bits per heavy atom. The predicted octanol–water partition coefficient (Wildman–Crippen LogP) is 13.7. The molecular formula is C51H32N4O. The summed E-state index contributed by atoms with van der Waals surface area (Å²) < 4.78 is 6.33. The summed E-state index contributed by atoms with van der Waals surface area (Å²) in [5, 5.41) is 6.95. The van der Waals surface area contributed by atoms with Crippen LogP contribution >= 0.6 is 0 Å². The lowest BCUT2D eigenvalue weighted by atomic mass is 9.97. The minimum absolute atomic E-state index is 0.775. The molecule has 0 aliphatic carbocycles. The molecule has 0 unspecified atom stereocenters. The predicted molar refractivity (Wildman–Crippen MR) is 231 cm³/mol. The Balaban J connectivity index is 1.04. The van der Waals surface area contributed by atoms with Crippen LogP contribution in [0, 0.1) is 0 Å². The number of nitrogens with zero attached hydrogens (tertiary/aromatic N) is 4. The molecule has 0 saturated carbocycles. The van der Waals surface area contributed by atoms with Gasteiger partial charge in [-0.25, -0.2) is 4.98 Å². The first-order valence-electron chi connectivity index (χ1n) is 18.7. The number of hydrogen-bond donors (Lipinski definition) is 0. The van der Waals surface area contributed by atoms with E-state index >= 15 is 0 Å². The highest BCUT2D eigenvalue weighted by Gasteiger charge is 2.18. The first-order valence-corrected chi connectivity index (χ1v) is 18.7. The van der Waals surface area contributed by atoms with Crippen molar-refractivity contribution in [3.63, 3.8) is 0 Å². The average Bonchev–Trinajstić information content (AvgIpc) is 3.64. The van der Waals surface area contributed by atoms with Crippen molar-refractivity contribution in [3.05, 3.63) is 195 Å². The smallest absolute Gasteiger partial charge is 0.153 e. The molecule has 0 saturated heterocycles. The summed E-state index contributed by atoms with van der Waals surface area (Å²) in [7, 11) is 0. The lowest BCUT2D eigenvalue weighted by Gasteiger charge is -2.26. The monoisotopic (exact) mass is 716 g/mol. The highest BCUT2D eigenvalue weighted by molar-refractivity contribution is 6.10. The summed E-state index contributed by atoms with van der Waals surface area (Å²) in [4.78, 5) is 16.4. The van der Waals surface area contributed by atoms with Crippen molar-refractivity contribution in [2.24, 2.45) is 0 Å². The number of benzene rings is 7. The molecule has 56 heavy (non-hydrogen) atoms. The Morgan fingerprint density at radius 3 is 1.89 bits per heavy atom. The van der Waals surface area contributed by atoms with Gasteiger partial charge in [0.05, 0.1) is 22.9 Å². The molecule has 0 bridgehead atoms. The van der Waals surface area contributed by atoms with Crippen molar-refractivity contribution < 1.29 is 4.42 Å². The zero-order chi connectivity index (χ0) is 37.0. The first-order chi connectivity index (χ1) is 27.7. The topological polar surface area (TPSA) is 55.1 Å². The highest BCUT2D eigenvalue weighted by atomic mass is 16.3. The Labute approximate surface area is 322 Å². The second-order valence-corrected chi connectivity index (χ2v) is 14.1. The van der Waals surface area contributed by atoms with Crippen molar-refractivity contribution in [1.29, 1.82) is 0 Å². The van der Waals surface area contributed by atoms with Crippen molar-refractivity contribution in [2.45, 2.75) is 0 Å². The van der Waals surface area contributed by atoms with Crippen LogP contribution < -0.4 is 4.90 Å². The molecule has 7 aromatic carbocycles. The SMILES string of the molecule is c1ccc(-c2ccc3c(ccc4cc(N(c5ccc(-c6cc(-c7ccccc7)c7ncccc7n6)cc5)c5ccc6c(c5)oc5cnccc56)ccc43)c2)cc1. The van der Waals surface area contributed by atoms with E-state index in [1.165, 1.54) is 32.7 Å². The average molecular weight is 717 g/mol. The number of anilines is 3. The molecule has 0 N–H and O–H groups in total. The van der Waals surface area contributed by atoms with Gasteiger partial charge in [-0.2, -0.15) is 0 Å². The molecule has 5 nitrogen and oxygen atoms in total. The maximum absolute atomic E-state index is 6.33. The Bertz CT molecular complexity index is 3250. The van der Waals surface area contributed by atoms with Gasteiger partial charge in [-0.15, -0.1) is 0 Å². The summed E-state index contributed by atoms with van der Waals surface area (Å²) in [5.74, 6) is 0. The maximum atomic E-state index is 6.33. The third-order valence-electron chi connectivity index (χ3n) is 10.8. The molecule has 0 fully saturated rings. The summed E-state index contributed by atoms with van der Waals surface area (Å²) in [6.07, 6.45) is 5.42. The van der Waals surface area contributed by atoms with E-state index < -0.39 is 0 Å². The fourth-order valence-electron chi connectivity index (χ4n) is 8.04. The molecule has 0 amide bonds. The third kappa shape index (κ3) is 5.45. The molecule has 4 aromatic heterocycles. The number of rotatable bonds is 6. The Kier molecular flexibility index (Phi) is 7.42. The van der Waals surface area contributed by atoms with E-state index in [0.717, 1.165) is 72.4 Å². The lowest BCUT2D eigenvalue weighted by molar-refractivity contribution is 0.667. The van der Waals surface area contributed by atoms with Crippen LogP contribution in [-0.4, -0.2) is 15.0 Å². The molecule has 0 aliphatic rings. The van der Waals surface area contributed by atoms with Crippen molar-refractivity contribution in [1.82, 2.24) is 15.0 Å². The number of pyridine rings is 3. The minimum Gasteiger partial charge on any atom is -0.454 e. The Morgan fingerprint density at radius 1 is 0.429 bits per heavy atom. The van der Waals surface area contributed by atoms with E-state index in [1.54, 1.807) is 6.20 Å². The largest absolute Gasteiger partial charge is 0.454 e. The number of aromatic nitrogens is 3. The van der Waals surface area contributed by atoms with Crippen molar-refractivity contribution in [2.75, 3.05) is 4.90 Å². The van der Waals surface area contributed by atoms with E-state index in [9.17, 15) is 0 Å². The van der Waals surface area contributed by atoms with E-state index in [1.807, 2.05) is 36.7 Å². The minimum atomic E-state index is 0.775. The van der Waals surface area contributed by atoms with Crippen LogP contribution in [0.25, 0.3) is 88.0 Å². The fraction of sp³-hybridized carbons (Fsp3) is 0. The normalized spacial score (nSPS) is 11.6. The number of hydrogen-bond acceptors (Lipinski definition) is 5. The molecule has 262 valence electrons. The van der Waals surface area contributed by atoms with E-state index in [-0.39, 0.29) is 0 Å². The van der Waals surface area contributed by atoms with E-state index in [4.69, 9.17) is 14.4 Å². The molecule has 0 atom stereocenters. The van der Waals surface area contributed by atoms with E-state index in [0.29, 0.717) is 0 Å². The van der Waals surface area contributed by atoms with Crippen LogP contribution in [0.1, 0.15) is 0 Å². The van der Waals surface area contributed by atoms with Crippen LogP contribution in [0.3, 0.4) is 0 Å². The molecule has 0 spiro atoms. The molecule has 5 heteroatoms. The van der Waals surface area contributed by atoms with Gasteiger partial charge in [-0.1, -0.05) is 103 Å². The van der Waals surface area contributed by atoms with Crippen LogP contribution in [-0.2, 0) is 0 Å². The lowest BCUT2D eigenvalue weighted by Crippen LogP contribution is -2.09. The van der Waals surface area contributed by atoms with Gasteiger partial charge in [-0.3, -0.25) is 9.97 Å². The number of fused-ring (bicyclic) bond motifs is 7. The second-order valence-electron chi connectivity index (χ2n) is 14.1. The van der Waals surface area contributed by atoms with Crippen LogP contribution in [0.15, 0.2) is 199 Å². The molecule has 11 aromatic rings. The number of furan rings is 1. The van der Waals surface area contributed by atoms with Gasteiger partial charge in [0.15, 0.2) is 5.58 Å². The summed E-state index contributed by atoms with van der Waals surface area (Å²) in [6, 6.07) is 62.2. The summed E-state index contributed by atoms with van der Waals surface area (Å²) in [6.45, 7) is 0. The zero-order valence-corrected chi connectivity index (χ0v) is 30.2. The molecule has 11 rings (SSSR count). The van der Waals surface area contributed by atoms with E-state index in [2.05, 4.69) is 162 Å². The third-order valence-corrected chi connectivity index (χ3v) is 10.8. The maximum Gasteiger partial charge on any atom is 0.153 e. The van der Waals surface area contributed by atoms with Gasteiger partial charge < -0.3 is 9.32 Å². The van der Waals surface area contributed by atoms with Crippen LogP contribution in [0.5, 0.6) is 0 Å². The van der Waals surface area contributed by atoms with Crippen molar-refractivity contribution >= 4 is 71.6 Å². The highest BCUT2D eigenvalue weighted by Crippen LogP contribution is 2.41. The van der Waals surface area contributed by atoms with Gasteiger partial charge in [-0.05, 0) is 105 Å². The van der Waals surface area contributed by atoms with Gasteiger partial charge in [0.2, 0.25) is 0 Å². The van der Waals surface area contributed by atoms with Gasteiger partial charge >= 0.3 is 0 Å². The second kappa shape index (κ2) is 13.0. The molecule has 0 radical (unpaired) electrons. The Hall–Kier alpha value is -7.63. The van der Waals surface area contributed by atoms with Gasteiger partial charge in [0.25, 0.3) is 0 Å². The zero-order valence-electron chi connectivity index (χ0n) is 30.2. The van der Waals surface area contributed by atoms with Crippen LogP contribution in [0.4, 0.5) is 17.1 Å². The van der Waals surface area contributed by atoms with Gasteiger partial charge in [0, 0.05) is 57.4 Å². The first kappa shape index (κ1) is 31.9. The fourth-order valence-corrected chi connectivity index (χ4v) is 8.04. The summed E-state index contributed by atoms with van der Waals surface area (Å²) in [5.41, 5.74) is 12.9. The van der Waals surface area contributed by atoms with Crippen molar-refractivity contribution in [3.8, 4) is 33.5 Å². The van der Waals surface area contributed by atoms with Crippen LogP contribution in [0.2, 0.25) is 0 Å².